The summed E-state index contributed by atoms with van der Waals surface area (Å²) in [4.78, 5) is 0.814. The highest BCUT2D eigenvalue weighted by Crippen LogP contribution is 2.23. The van der Waals surface area contributed by atoms with E-state index in [0.29, 0.717) is 0 Å². The van der Waals surface area contributed by atoms with Gasteiger partial charge in [-0.1, -0.05) is 11.3 Å². The second-order valence-corrected chi connectivity index (χ2v) is 4.05. The number of fused-ring (bicyclic) bond motifs is 1. The monoisotopic (exact) mass is 211 g/mol. The molecular formula is C7H9N5OS. The molecule has 1 N–H and O–H groups in total. The average molecular weight is 211 g/mol. The summed E-state index contributed by atoms with van der Waals surface area (Å²) in [6.07, 6.45) is 1.67. The summed E-state index contributed by atoms with van der Waals surface area (Å²) in [6, 6.07) is 0. The van der Waals surface area contributed by atoms with Crippen molar-refractivity contribution >= 4 is 16.3 Å². The van der Waals surface area contributed by atoms with Crippen LogP contribution in [0.3, 0.4) is 0 Å². The minimum atomic E-state index is 0.0652. The minimum Gasteiger partial charge on any atom is -0.368 e. The quantitative estimate of drug-likeness (QED) is 0.710. The zero-order valence-corrected chi connectivity index (χ0v) is 8.20. The first-order valence-corrected chi connectivity index (χ1v) is 5.24. The van der Waals surface area contributed by atoms with Crippen LogP contribution in [0.1, 0.15) is 11.1 Å². The zero-order valence-electron chi connectivity index (χ0n) is 7.38. The first kappa shape index (κ1) is 8.27. The number of nitrogens with one attached hydrogen (secondary N) is 1. The first-order valence-electron chi connectivity index (χ1n) is 4.42. The van der Waals surface area contributed by atoms with E-state index in [0.717, 1.165) is 29.7 Å². The van der Waals surface area contributed by atoms with Crippen LogP contribution in [0.25, 0.3) is 4.96 Å². The van der Waals surface area contributed by atoms with Crippen molar-refractivity contribution in [3.63, 3.8) is 0 Å². The fourth-order valence-electron chi connectivity index (χ4n) is 1.43. The summed E-state index contributed by atoms with van der Waals surface area (Å²) in [6.45, 7) is 2.48. The third kappa shape index (κ3) is 1.29. The van der Waals surface area contributed by atoms with E-state index in [1.165, 1.54) is 11.3 Å². The maximum atomic E-state index is 5.59. The Bertz CT molecular complexity index is 403. The van der Waals surface area contributed by atoms with Crippen LogP contribution < -0.4 is 5.32 Å². The fraction of sp³-hybridized carbons (Fsp3) is 0.571. The lowest BCUT2D eigenvalue weighted by atomic mass is 10.3. The molecule has 0 radical (unpaired) electrons. The Morgan fingerprint density at radius 1 is 1.64 bits per heavy atom. The van der Waals surface area contributed by atoms with Crippen molar-refractivity contribution in [2.24, 2.45) is 0 Å². The number of ether oxygens (including phenoxy) is 1. The summed E-state index contributed by atoms with van der Waals surface area (Å²) < 4.78 is 7.27. The van der Waals surface area contributed by atoms with Crippen LogP contribution in [0.5, 0.6) is 0 Å². The molecular weight excluding hydrogens is 202 g/mol. The molecule has 2 aromatic heterocycles. The molecule has 14 heavy (non-hydrogen) atoms. The van der Waals surface area contributed by atoms with Gasteiger partial charge in [0.15, 0.2) is 0 Å². The molecule has 6 nitrogen and oxygen atoms in total. The van der Waals surface area contributed by atoms with E-state index in [2.05, 4.69) is 20.6 Å². The molecule has 0 saturated carbocycles. The molecule has 0 spiro atoms. The molecule has 1 saturated heterocycles. The molecule has 1 aliphatic heterocycles. The molecule has 74 valence electrons. The number of nitrogens with zero attached hydrogens (tertiary/aromatic N) is 4. The Morgan fingerprint density at radius 2 is 2.64 bits per heavy atom. The number of hydrogen-bond acceptors (Lipinski definition) is 6. The van der Waals surface area contributed by atoms with Crippen molar-refractivity contribution < 1.29 is 4.74 Å². The number of morpholine rings is 1. The molecule has 1 atom stereocenters. The van der Waals surface area contributed by atoms with Gasteiger partial charge in [-0.2, -0.15) is 9.61 Å². The van der Waals surface area contributed by atoms with E-state index in [9.17, 15) is 0 Å². The van der Waals surface area contributed by atoms with E-state index in [4.69, 9.17) is 4.74 Å². The second kappa shape index (κ2) is 3.26. The van der Waals surface area contributed by atoms with Gasteiger partial charge >= 0.3 is 0 Å². The smallest absolute Gasteiger partial charge is 0.234 e. The van der Waals surface area contributed by atoms with E-state index in [-0.39, 0.29) is 6.10 Å². The third-order valence-corrected chi connectivity index (χ3v) is 3.11. The van der Waals surface area contributed by atoms with Gasteiger partial charge in [-0.25, -0.2) is 0 Å². The van der Waals surface area contributed by atoms with Crippen molar-refractivity contribution in [1.82, 2.24) is 25.1 Å². The highest BCUT2D eigenvalue weighted by Gasteiger charge is 2.20. The molecule has 1 aliphatic rings. The summed E-state index contributed by atoms with van der Waals surface area (Å²) in [5.41, 5.74) is 0. The van der Waals surface area contributed by atoms with Gasteiger partial charge in [0.2, 0.25) is 4.96 Å². The highest BCUT2D eigenvalue weighted by molar-refractivity contribution is 7.16. The lowest BCUT2D eigenvalue weighted by Gasteiger charge is -2.20. The standard InChI is InChI=1S/C7H9N5OS/c1-2-13-5(3-8-1)6-11-12-4-9-10-7(12)14-6/h4-5,8H,1-3H2. The molecule has 0 aliphatic carbocycles. The number of aromatic nitrogens is 4. The Kier molecular flexibility index (Phi) is 1.93. The molecule has 2 aromatic rings. The molecule has 3 heterocycles. The van der Waals surface area contributed by atoms with Gasteiger partial charge in [0.25, 0.3) is 0 Å². The van der Waals surface area contributed by atoms with Crippen molar-refractivity contribution in [3.8, 4) is 0 Å². The summed E-state index contributed by atoms with van der Waals surface area (Å²) in [7, 11) is 0. The van der Waals surface area contributed by atoms with Crippen molar-refractivity contribution in [1.29, 1.82) is 0 Å². The van der Waals surface area contributed by atoms with Crippen LogP contribution in [-0.2, 0) is 4.74 Å². The topological polar surface area (TPSA) is 64.3 Å². The van der Waals surface area contributed by atoms with Crippen LogP contribution >= 0.6 is 11.3 Å². The molecule has 7 heteroatoms. The van der Waals surface area contributed by atoms with Gasteiger partial charge in [-0.15, -0.1) is 10.2 Å². The summed E-state index contributed by atoms with van der Waals surface area (Å²) in [5.74, 6) is 0. The van der Waals surface area contributed by atoms with Crippen molar-refractivity contribution in [2.45, 2.75) is 6.10 Å². The lowest BCUT2D eigenvalue weighted by Crippen LogP contribution is -2.33. The normalized spacial score (nSPS) is 23.0. The maximum absolute atomic E-state index is 5.59. The van der Waals surface area contributed by atoms with Gasteiger partial charge in [0.05, 0.1) is 6.61 Å². The lowest BCUT2D eigenvalue weighted by molar-refractivity contribution is 0.0270. The summed E-state index contributed by atoms with van der Waals surface area (Å²) >= 11 is 1.52. The molecule has 3 rings (SSSR count). The first-order chi connectivity index (χ1) is 6.93. The predicted molar refractivity (Wildman–Crippen MR) is 50.2 cm³/mol. The minimum absolute atomic E-state index is 0.0652. The fourth-order valence-corrected chi connectivity index (χ4v) is 2.30. The van der Waals surface area contributed by atoms with Gasteiger partial charge in [-0.3, -0.25) is 0 Å². The Labute approximate surface area is 83.9 Å². The van der Waals surface area contributed by atoms with Gasteiger partial charge < -0.3 is 10.1 Å². The SMILES string of the molecule is c1nnc2sc(C3CNCCO3)nn12. The van der Waals surface area contributed by atoms with Crippen LogP contribution in [0.15, 0.2) is 6.33 Å². The highest BCUT2D eigenvalue weighted by atomic mass is 32.1. The largest absolute Gasteiger partial charge is 0.368 e. The maximum Gasteiger partial charge on any atom is 0.234 e. The third-order valence-electron chi connectivity index (χ3n) is 2.11. The number of hydrogen-bond donors (Lipinski definition) is 1. The Balaban J connectivity index is 1.92. The van der Waals surface area contributed by atoms with E-state index < -0.39 is 0 Å². The predicted octanol–water partition coefficient (Wildman–Crippen LogP) is -0.153. The van der Waals surface area contributed by atoms with Crippen LogP contribution in [0.2, 0.25) is 0 Å². The second-order valence-electron chi connectivity index (χ2n) is 3.06. The van der Waals surface area contributed by atoms with E-state index in [1.54, 1.807) is 10.8 Å². The molecule has 1 unspecified atom stereocenters. The molecule has 1 fully saturated rings. The summed E-state index contributed by atoms with van der Waals surface area (Å²) in [5, 5.41) is 16.2. The van der Waals surface area contributed by atoms with Crippen LogP contribution in [-0.4, -0.2) is 39.5 Å². The van der Waals surface area contributed by atoms with Crippen molar-refractivity contribution in [3.05, 3.63) is 11.3 Å². The number of rotatable bonds is 1. The van der Waals surface area contributed by atoms with Gasteiger partial charge in [0, 0.05) is 13.1 Å². The van der Waals surface area contributed by atoms with E-state index in [1.807, 2.05) is 0 Å². The average Bonchev–Trinajstić information content (AvgIpc) is 2.78. The van der Waals surface area contributed by atoms with E-state index >= 15 is 0 Å². The molecule has 0 amide bonds. The van der Waals surface area contributed by atoms with Crippen LogP contribution in [0.4, 0.5) is 0 Å². The van der Waals surface area contributed by atoms with Gasteiger partial charge in [0.1, 0.15) is 17.4 Å². The molecule has 0 aromatic carbocycles. The molecule has 0 bridgehead atoms. The zero-order chi connectivity index (χ0) is 9.38. The van der Waals surface area contributed by atoms with Gasteiger partial charge in [-0.05, 0) is 0 Å². The van der Waals surface area contributed by atoms with Crippen LogP contribution in [0, 0.1) is 0 Å². The van der Waals surface area contributed by atoms with Crippen molar-refractivity contribution in [2.75, 3.05) is 19.7 Å². The Hall–Kier alpha value is -1.05. The Morgan fingerprint density at radius 3 is 3.43 bits per heavy atom.